The van der Waals surface area contributed by atoms with Crippen LogP contribution >= 0.6 is 0 Å². The number of carbonyl (C=O) groups is 2. The molecule has 1 aliphatic heterocycles. The molecule has 5 aliphatic carbocycles. The maximum absolute atomic E-state index is 13.9. The molecule has 1 N–H and O–H groups in total. The number of likely N-dealkylation sites (tertiary alicyclic amines) is 1. The zero-order chi connectivity index (χ0) is 32.8. The molecule has 7 rings (SSSR count). The number of benzene rings is 1. The summed E-state index contributed by atoms with van der Waals surface area (Å²) < 4.78 is 43.6. The third kappa shape index (κ3) is 3.87. The van der Waals surface area contributed by atoms with Crippen LogP contribution < -0.4 is 4.74 Å². The Morgan fingerprint density at radius 3 is 2.28 bits per heavy atom. The smallest absolute Gasteiger partial charge is 0.338 e. The van der Waals surface area contributed by atoms with Crippen LogP contribution in [0, 0.1) is 34.5 Å². The molecule has 11 heteroatoms. The molecule has 6 fully saturated rings. The number of carbonyl (C=O) groups excluding carboxylic acids is 2. The van der Waals surface area contributed by atoms with E-state index in [1.807, 2.05) is 0 Å². The summed E-state index contributed by atoms with van der Waals surface area (Å²) >= 11 is 0. The van der Waals surface area contributed by atoms with Crippen molar-refractivity contribution in [3.8, 4) is 5.75 Å². The van der Waals surface area contributed by atoms with E-state index in [-0.39, 0.29) is 47.8 Å². The van der Waals surface area contributed by atoms with Crippen LogP contribution in [-0.4, -0.2) is 119 Å². The number of ether oxygens (including phenoxy) is 7. The highest BCUT2D eigenvalue weighted by molar-refractivity contribution is 5.89. The van der Waals surface area contributed by atoms with Crippen LogP contribution in [0.1, 0.15) is 49.9 Å². The summed E-state index contributed by atoms with van der Waals surface area (Å²) in [7, 11) is 8.44. The van der Waals surface area contributed by atoms with E-state index in [0.717, 1.165) is 25.9 Å². The lowest BCUT2D eigenvalue weighted by molar-refractivity contribution is -0.287. The van der Waals surface area contributed by atoms with Crippen molar-refractivity contribution in [1.82, 2.24) is 4.90 Å². The number of fused-ring (bicyclic) bond motifs is 2. The van der Waals surface area contributed by atoms with Crippen LogP contribution in [0.5, 0.6) is 5.75 Å². The highest BCUT2D eigenvalue weighted by Crippen LogP contribution is 2.80. The Hall–Kier alpha value is -2.28. The van der Waals surface area contributed by atoms with E-state index >= 15 is 0 Å². The first-order valence-corrected chi connectivity index (χ1v) is 16.6. The summed E-state index contributed by atoms with van der Waals surface area (Å²) in [6.07, 6.45) is 0.142. The highest BCUT2D eigenvalue weighted by Gasteiger charge is 2.89. The molecule has 7 bridgehead atoms. The van der Waals surface area contributed by atoms with Crippen LogP contribution in [0.3, 0.4) is 0 Å². The Balaban J connectivity index is 1.46. The monoisotopic (exact) mass is 643 g/mol. The second-order valence-electron chi connectivity index (χ2n) is 14.6. The van der Waals surface area contributed by atoms with Gasteiger partial charge in [0.05, 0.1) is 37.6 Å². The first-order chi connectivity index (χ1) is 22.1. The van der Waals surface area contributed by atoms with E-state index in [0.29, 0.717) is 24.3 Å². The molecule has 0 amide bonds. The number of aliphatic hydroxyl groups is 1. The second kappa shape index (κ2) is 11.1. The van der Waals surface area contributed by atoms with Crippen LogP contribution in [0.2, 0.25) is 0 Å². The fraction of sp³-hybridized carbons (Fsp3) is 0.771. The molecule has 5 saturated carbocycles. The average molecular weight is 644 g/mol. The summed E-state index contributed by atoms with van der Waals surface area (Å²) in [5.41, 5.74) is -3.03. The third-order valence-corrected chi connectivity index (χ3v) is 13.3. The van der Waals surface area contributed by atoms with Gasteiger partial charge in [0, 0.05) is 83.0 Å². The van der Waals surface area contributed by atoms with E-state index in [9.17, 15) is 14.7 Å². The van der Waals surface area contributed by atoms with Crippen LogP contribution in [0.15, 0.2) is 24.3 Å². The lowest BCUT2D eigenvalue weighted by Gasteiger charge is -2.69. The molecule has 1 heterocycles. The van der Waals surface area contributed by atoms with Crippen molar-refractivity contribution >= 4 is 11.9 Å². The topological polar surface area (TPSA) is 122 Å². The summed E-state index contributed by atoms with van der Waals surface area (Å²) in [6.45, 7) is 5.80. The van der Waals surface area contributed by atoms with Gasteiger partial charge in [0.25, 0.3) is 0 Å². The van der Waals surface area contributed by atoms with Crippen molar-refractivity contribution in [1.29, 1.82) is 0 Å². The summed E-state index contributed by atoms with van der Waals surface area (Å²) in [5, 5.41) is 12.8. The maximum Gasteiger partial charge on any atom is 0.338 e. The number of methoxy groups -OCH3 is 5. The maximum atomic E-state index is 13.9. The summed E-state index contributed by atoms with van der Waals surface area (Å²) in [5.74, 6) is -1.38. The van der Waals surface area contributed by atoms with Gasteiger partial charge in [-0.2, -0.15) is 0 Å². The molecular formula is C35H49NO10. The van der Waals surface area contributed by atoms with Gasteiger partial charge in [-0.3, -0.25) is 9.69 Å². The van der Waals surface area contributed by atoms with Crippen LogP contribution in [0.4, 0.5) is 0 Å². The molecular weight excluding hydrogens is 594 g/mol. The SMILES string of the molecule is CCN1C[C@]2(COC)CC[C@@H](OC)[C@@]34[C@@H]5C[C@]6(O)[C@@H](OC)C[C@@](OC(C)=O)([C@H]5[C@H]6OC(=O)c5ccc(OC)cc5)[C@@H]([C@H](OC)[C@@H]23)[C@@H]14. The minimum atomic E-state index is -1.51. The number of rotatable bonds is 10. The van der Waals surface area contributed by atoms with Crippen molar-refractivity contribution in [2.75, 3.05) is 55.2 Å². The molecule has 11 nitrogen and oxygen atoms in total. The Labute approximate surface area is 271 Å². The molecule has 0 unspecified atom stereocenters. The van der Waals surface area contributed by atoms with Crippen LogP contribution in [-0.2, 0) is 33.2 Å². The van der Waals surface area contributed by atoms with Gasteiger partial charge in [-0.1, -0.05) is 6.92 Å². The molecule has 6 aliphatic rings. The van der Waals surface area contributed by atoms with Crippen molar-refractivity contribution in [3.05, 3.63) is 29.8 Å². The fourth-order valence-electron chi connectivity index (χ4n) is 12.4. The standard InChI is InChI=1S/C35H49NO10/c1-8-36-17-32(18-40-3)14-13-23(42-5)35-22-15-33(39)24(43-6)16-34(46-19(2)37,26(29(35)36)27(44-7)28(32)35)25(22)30(33)45-31(38)20-9-11-21(41-4)12-10-20/h9-12,22-30,39H,8,13-18H2,1-7H3/t22-,23-,24+,25-,26+,27+,28+,29-,30-,32+,33+,34-,35+/m1/s1. The van der Waals surface area contributed by atoms with Gasteiger partial charge in [0.2, 0.25) is 0 Å². The van der Waals surface area contributed by atoms with E-state index < -0.39 is 46.7 Å². The fourth-order valence-corrected chi connectivity index (χ4v) is 12.4. The second-order valence-corrected chi connectivity index (χ2v) is 14.6. The van der Waals surface area contributed by atoms with Gasteiger partial charge in [-0.15, -0.1) is 0 Å². The Kier molecular flexibility index (Phi) is 7.81. The minimum Gasteiger partial charge on any atom is -0.497 e. The number of hydrogen-bond acceptors (Lipinski definition) is 11. The predicted molar refractivity (Wildman–Crippen MR) is 164 cm³/mol. The van der Waals surface area contributed by atoms with E-state index in [2.05, 4.69) is 11.8 Å². The largest absolute Gasteiger partial charge is 0.497 e. The Bertz CT molecular complexity index is 1360. The lowest BCUT2D eigenvalue weighted by atomic mass is 9.43. The highest BCUT2D eigenvalue weighted by atomic mass is 16.6. The third-order valence-electron chi connectivity index (χ3n) is 13.3. The first kappa shape index (κ1) is 32.3. The molecule has 0 aromatic heterocycles. The molecule has 254 valence electrons. The Morgan fingerprint density at radius 2 is 1.70 bits per heavy atom. The molecule has 0 radical (unpaired) electrons. The van der Waals surface area contributed by atoms with Gasteiger partial charge < -0.3 is 38.3 Å². The van der Waals surface area contributed by atoms with E-state index in [4.69, 9.17) is 33.2 Å². The predicted octanol–water partition coefficient (Wildman–Crippen LogP) is 2.72. The Morgan fingerprint density at radius 1 is 0.978 bits per heavy atom. The van der Waals surface area contributed by atoms with Crippen molar-refractivity contribution in [3.63, 3.8) is 0 Å². The van der Waals surface area contributed by atoms with Gasteiger partial charge >= 0.3 is 11.9 Å². The molecule has 13 atom stereocenters. The molecule has 1 spiro atoms. The molecule has 1 aromatic carbocycles. The molecule has 1 aromatic rings. The van der Waals surface area contributed by atoms with Gasteiger partial charge in [0.15, 0.2) is 0 Å². The van der Waals surface area contributed by atoms with Crippen molar-refractivity contribution in [2.24, 2.45) is 34.5 Å². The molecule has 46 heavy (non-hydrogen) atoms. The summed E-state index contributed by atoms with van der Waals surface area (Å²) in [6, 6.07) is 6.66. The van der Waals surface area contributed by atoms with Crippen molar-refractivity contribution < 1.29 is 47.9 Å². The minimum absolute atomic E-state index is 0.00534. The van der Waals surface area contributed by atoms with Crippen LogP contribution in [0.25, 0.3) is 0 Å². The van der Waals surface area contributed by atoms with Gasteiger partial charge in [0.1, 0.15) is 23.1 Å². The zero-order valence-corrected chi connectivity index (χ0v) is 28.0. The average Bonchev–Trinajstić information content (AvgIpc) is 3.42. The number of piperidine rings is 1. The number of nitrogens with zero attached hydrogens (tertiary/aromatic N) is 1. The zero-order valence-electron chi connectivity index (χ0n) is 28.0. The number of esters is 2. The van der Waals surface area contributed by atoms with E-state index in [1.54, 1.807) is 59.8 Å². The molecule has 1 saturated heterocycles. The first-order valence-electron chi connectivity index (χ1n) is 16.6. The van der Waals surface area contributed by atoms with Gasteiger partial charge in [-0.05, 0) is 56.0 Å². The van der Waals surface area contributed by atoms with Crippen molar-refractivity contribution in [2.45, 2.75) is 81.2 Å². The normalized spacial score (nSPS) is 46.6. The van der Waals surface area contributed by atoms with Gasteiger partial charge in [-0.25, -0.2) is 4.79 Å². The summed E-state index contributed by atoms with van der Waals surface area (Å²) in [4.78, 5) is 29.7. The number of hydrogen-bond donors (Lipinski definition) is 1. The quantitative estimate of drug-likeness (QED) is 0.379. The lowest BCUT2D eigenvalue weighted by Crippen LogP contribution is -2.77. The van der Waals surface area contributed by atoms with E-state index in [1.165, 1.54) is 6.92 Å².